The summed E-state index contributed by atoms with van der Waals surface area (Å²) >= 11 is 6.29. The number of ether oxygens (including phenoxy) is 1. The van der Waals surface area contributed by atoms with E-state index in [4.69, 9.17) is 20.8 Å². The highest BCUT2D eigenvalue weighted by Crippen LogP contribution is 2.35. The van der Waals surface area contributed by atoms with Crippen molar-refractivity contribution < 1.29 is 18.9 Å². The lowest BCUT2D eigenvalue weighted by Crippen LogP contribution is -2.17. The second-order valence-corrected chi connectivity index (χ2v) is 6.99. The Bertz CT molecular complexity index is 1380. The van der Waals surface area contributed by atoms with Crippen LogP contribution in [0.4, 0.5) is 5.69 Å². The van der Waals surface area contributed by atoms with E-state index in [1.165, 1.54) is 18.2 Å². The van der Waals surface area contributed by atoms with Gasteiger partial charge in [-0.25, -0.2) is 0 Å². The van der Waals surface area contributed by atoms with E-state index in [-0.39, 0.29) is 28.1 Å². The third kappa shape index (κ3) is 4.04. The lowest BCUT2D eigenvalue weighted by Gasteiger charge is -2.12. The fourth-order valence-corrected chi connectivity index (χ4v) is 3.31. The number of non-ortho nitro benzene ring substituents is 1. The molecular weight excluding hydrogens is 422 g/mol. The zero-order valence-electron chi connectivity index (χ0n) is 15.9. The number of carbonyl (C=O) groups is 1. The number of fused-ring (bicyclic) bond motifs is 1. The number of para-hydroxylation sites is 1. The molecule has 0 saturated heterocycles. The van der Waals surface area contributed by atoms with Crippen LogP contribution in [-0.2, 0) is 0 Å². The number of hydrogen-bond acceptors (Lipinski definition) is 6. The fraction of sp³-hybridized carbons (Fsp3) is 0.0435. The van der Waals surface area contributed by atoms with Crippen LogP contribution in [0.2, 0.25) is 5.02 Å². The van der Waals surface area contributed by atoms with E-state index < -0.39 is 22.7 Å². The minimum atomic E-state index is -0.592. The van der Waals surface area contributed by atoms with Gasteiger partial charge in [0.2, 0.25) is 11.2 Å². The zero-order valence-corrected chi connectivity index (χ0v) is 16.7. The predicted octanol–water partition coefficient (Wildman–Crippen LogP) is 5.28. The van der Waals surface area contributed by atoms with Crippen molar-refractivity contribution in [2.24, 2.45) is 0 Å². The molecular formula is C23H14ClNO6. The zero-order chi connectivity index (χ0) is 22.0. The summed E-state index contributed by atoms with van der Waals surface area (Å²) in [6.45, 7) is -0.512. The summed E-state index contributed by atoms with van der Waals surface area (Å²) in [5.41, 5.74) is 0.208. The number of hydrogen-bond donors (Lipinski definition) is 0. The smallest absolute Gasteiger partial charge is 0.270 e. The van der Waals surface area contributed by atoms with Crippen molar-refractivity contribution in [3.05, 3.63) is 104 Å². The molecule has 3 aromatic carbocycles. The first kappa shape index (κ1) is 20.3. The van der Waals surface area contributed by atoms with Gasteiger partial charge in [-0.05, 0) is 24.3 Å². The quantitative estimate of drug-likeness (QED) is 0.232. The number of carbonyl (C=O) groups excluding carboxylic acids is 1. The van der Waals surface area contributed by atoms with Gasteiger partial charge in [-0.15, -0.1) is 0 Å². The second-order valence-electron chi connectivity index (χ2n) is 6.58. The van der Waals surface area contributed by atoms with Crippen molar-refractivity contribution in [1.29, 1.82) is 0 Å². The number of nitro benzene ring substituents is 1. The second kappa shape index (κ2) is 8.41. The Morgan fingerprint density at radius 2 is 1.77 bits per heavy atom. The third-order valence-corrected chi connectivity index (χ3v) is 4.93. The van der Waals surface area contributed by atoms with Gasteiger partial charge in [0, 0.05) is 23.3 Å². The normalized spacial score (nSPS) is 10.7. The van der Waals surface area contributed by atoms with Gasteiger partial charge in [-0.1, -0.05) is 48.0 Å². The van der Waals surface area contributed by atoms with Gasteiger partial charge in [0.05, 0.1) is 15.3 Å². The number of halogens is 1. The number of benzene rings is 3. The first-order chi connectivity index (χ1) is 15.0. The molecule has 7 nitrogen and oxygen atoms in total. The molecule has 154 valence electrons. The molecule has 0 fully saturated rings. The highest BCUT2D eigenvalue weighted by Gasteiger charge is 2.21. The molecule has 4 aromatic rings. The average molecular weight is 436 g/mol. The van der Waals surface area contributed by atoms with Crippen LogP contribution >= 0.6 is 11.6 Å². The Labute approximate surface area is 180 Å². The van der Waals surface area contributed by atoms with Crippen molar-refractivity contribution in [2.45, 2.75) is 0 Å². The van der Waals surface area contributed by atoms with Gasteiger partial charge in [0.25, 0.3) is 5.69 Å². The van der Waals surface area contributed by atoms with E-state index in [0.29, 0.717) is 16.2 Å². The number of rotatable bonds is 6. The number of nitrogens with zero attached hydrogens (tertiary/aromatic N) is 1. The Morgan fingerprint density at radius 3 is 2.55 bits per heavy atom. The molecule has 0 spiro atoms. The van der Waals surface area contributed by atoms with E-state index >= 15 is 0 Å². The molecule has 0 N–H and O–H groups in total. The van der Waals surface area contributed by atoms with Crippen molar-refractivity contribution >= 4 is 34.0 Å². The molecule has 0 bridgehead atoms. The van der Waals surface area contributed by atoms with Gasteiger partial charge >= 0.3 is 0 Å². The van der Waals surface area contributed by atoms with Crippen LogP contribution in [0.25, 0.3) is 22.3 Å². The molecule has 0 radical (unpaired) electrons. The maximum Gasteiger partial charge on any atom is 0.270 e. The van der Waals surface area contributed by atoms with E-state index in [1.54, 1.807) is 48.5 Å². The molecule has 0 atom stereocenters. The van der Waals surface area contributed by atoms with E-state index in [2.05, 4.69) is 0 Å². The van der Waals surface area contributed by atoms with Crippen molar-refractivity contribution in [2.75, 3.05) is 6.61 Å². The topological polar surface area (TPSA) is 99.7 Å². The molecule has 0 aliphatic rings. The molecule has 31 heavy (non-hydrogen) atoms. The summed E-state index contributed by atoms with van der Waals surface area (Å²) in [4.78, 5) is 36.0. The molecule has 8 heteroatoms. The van der Waals surface area contributed by atoms with E-state index in [9.17, 15) is 19.7 Å². The molecule has 0 unspecified atom stereocenters. The highest BCUT2D eigenvalue weighted by molar-refractivity contribution is 6.33. The van der Waals surface area contributed by atoms with E-state index in [1.807, 2.05) is 0 Å². The summed E-state index contributed by atoms with van der Waals surface area (Å²) in [5.74, 6) is -0.590. The average Bonchev–Trinajstić information content (AvgIpc) is 2.78. The SMILES string of the molecule is O=C(COc1c(-c2ccccc2Cl)oc2ccccc2c1=O)c1cccc([N+](=O)[O-])c1. The Balaban J connectivity index is 1.75. The summed E-state index contributed by atoms with van der Waals surface area (Å²) < 4.78 is 11.5. The summed E-state index contributed by atoms with van der Waals surface area (Å²) in [7, 11) is 0. The molecule has 0 saturated carbocycles. The molecule has 1 heterocycles. The Hall–Kier alpha value is -3.97. The van der Waals surface area contributed by atoms with Gasteiger partial charge < -0.3 is 9.15 Å². The molecule has 0 aliphatic carbocycles. The van der Waals surface area contributed by atoms with Gasteiger partial charge in [-0.2, -0.15) is 0 Å². The first-order valence-corrected chi connectivity index (χ1v) is 9.54. The van der Waals surface area contributed by atoms with Gasteiger partial charge in [0.1, 0.15) is 5.58 Å². The third-order valence-electron chi connectivity index (χ3n) is 4.60. The molecule has 1 aromatic heterocycles. The highest BCUT2D eigenvalue weighted by atomic mass is 35.5. The van der Waals surface area contributed by atoms with Crippen molar-refractivity contribution in [3.8, 4) is 17.1 Å². The predicted molar refractivity (Wildman–Crippen MR) is 116 cm³/mol. The lowest BCUT2D eigenvalue weighted by molar-refractivity contribution is -0.384. The van der Waals surface area contributed by atoms with Crippen LogP contribution in [0.15, 0.2) is 82.0 Å². The summed E-state index contributed by atoms with van der Waals surface area (Å²) in [6.07, 6.45) is 0. The van der Waals surface area contributed by atoms with Crippen LogP contribution in [0.5, 0.6) is 5.75 Å². The van der Waals surface area contributed by atoms with Crippen LogP contribution in [0.1, 0.15) is 10.4 Å². The Morgan fingerprint density at radius 1 is 1.03 bits per heavy atom. The number of nitro groups is 1. The Kier molecular flexibility index (Phi) is 5.51. The van der Waals surface area contributed by atoms with Crippen molar-refractivity contribution in [1.82, 2.24) is 0 Å². The standard InChI is InChI=1S/C23H14ClNO6/c24-18-10-3-1-8-16(18)22-23(21(27)17-9-2-4-11-20(17)31-22)30-13-19(26)14-6-5-7-15(12-14)25(28)29/h1-12H,13H2. The summed E-state index contributed by atoms with van der Waals surface area (Å²) in [5, 5.41) is 11.6. The lowest BCUT2D eigenvalue weighted by atomic mass is 10.1. The van der Waals surface area contributed by atoms with Crippen molar-refractivity contribution in [3.63, 3.8) is 0 Å². The summed E-state index contributed by atoms with van der Waals surface area (Å²) in [6, 6.07) is 18.7. The van der Waals surface area contributed by atoms with Crippen LogP contribution in [-0.4, -0.2) is 17.3 Å². The fourth-order valence-electron chi connectivity index (χ4n) is 3.09. The monoisotopic (exact) mass is 435 g/mol. The molecule has 0 aliphatic heterocycles. The van der Waals surface area contributed by atoms with Gasteiger partial charge in [-0.3, -0.25) is 19.7 Å². The maximum absolute atomic E-state index is 13.1. The van der Waals surface area contributed by atoms with Gasteiger partial charge in [0.15, 0.2) is 18.2 Å². The number of Topliss-reactive ketones (excluding diaryl/α,β-unsaturated/α-hetero) is 1. The maximum atomic E-state index is 13.1. The van der Waals surface area contributed by atoms with Crippen LogP contribution < -0.4 is 10.2 Å². The van der Waals surface area contributed by atoms with Crippen LogP contribution in [0, 0.1) is 10.1 Å². The minimum absolute atomic E-state index is 0.0960. The van der Waals surface area contributed by atoms with Crippen LogP contribution in [0.3, 0.4) is 0 Å². The first-order valence-electron chi connectivity index (χ1n) is 9.17. The molecule has 4 rings (SSSR count). The van der Waals surface area contributed by atoms with E-state index in [0.717, 1.165) is 6.07 Å². The minimum Gasteiger partial charge on any atom is -0.478 e. The largest absolute Gasteiger partial charge is 0.478 e. The molecule has 0 amide bonds. The number of ketones is 1.